The summed E-state index contributed by atoms with van der Waals surface area (Å²) < 4.78 is 0.873. The van der Waals surface area contributed by atoms with Crippen molar-refractivity contribution in [1.29, 1.82) is 0 Å². The Morgan fingerprint density at radius 3 is 2.58 bits per heavy atom. The maximum Gasteiger partial charge on any atom is 0.171 e. The highest BCUT2D eigenvalue weighted by molar-refractivity contribution is 9.10. The van der Waals surface area contributed by atoms with Crippen LogP contribution in [0.25, 0.3) is 0 Å². The lowest BCUT2D eigenvalue weighted by atomic mass is 10.0. The summed E-state index contributed by atoms with van der Waals surface area (Å²) in [6, 6.07) is 6.02. The number of oxime groups is 1. The first kappa shape index (κ1) is 12.8. The maximum absolute atomic E-state index is 8.73. The van der Waals surface area contributed by atoms with Crippen molar-refractivity contribution < 1.29 is 5.21 Å². The van der Waals surface area contributed by atoms with Crippen LogP contribution in [0.3, 0.4) is 0 Å². The fourth-order valence-electron chi connectivity index (χ4n) is 3.41. The van der Waals surface area contributed by atoms with E-state index in [9.17, 15) is 0 Å². The van der Waals surface area contributed by atoms with Crippen molar-refractivity contribution in [1.82, 2.24) is 0 Å². The molecule has 0 aromatic heterocycles. The number of hydrogen-bond donors (Lipinski definition) is 2. The van der Waals surface area contributed by atoms with Crippen LogP contribution >= 0.6 is 15.9 Å². The highest BCUT2D eigenvalue weighted by atomic mass is 79.9. The van der Waals surface area contributed by atoms with Gasteiger partial charge in [0.05, 0.1) is 0 Å². The minimum Gasteiger partial charge on any atom is -0.409 e. The largest absolute Gasteiger partial charge is 0.409 e. The normalized spacial score (nSPS) is 26.8. The second-order valence-electron chi connectivity index (χ2n) is 5.51. The van der Waals surface area contributed by atoms with Crippen LogP contribution in [0.4, 0.5) is 5.69 Å². The molecule has 1 saturated carbocycles. The third-order valence-corrected chi connectivity index (χ3v) is 5.08. The average molecular weight is 324 g/mol. The molecule has 0 spiro atoms. The lowest BCUT2D eigenvalue weighted by Gasteiger charge is -2.20. The molecule has 1 heterocycles. The molecular formula is C14H18BrN3O. The van der Waals surface area contributed by atoms with Gasteiger partial charge in [0.25, 0.3) is 0 Å². The summed E-state index contributed by atoms with van der Waals surface area (Å²) in [5.74, 6) is 1.89. The SMILES string of the molecule is N/C(=N/O)c1ccc(N2CC3CCCC3C2)cc1Br. The molecule has 5 heteroatoms. The molecule has 3 rings (SSSR count). The Bertz CT molecular complexity index is 505. The van der Waals surface area contributed by atoms with Gasteiger partial charge >= 0.3 is 0 Å². The van der Waals surface area contributed by atoms with E-state index in [0.29, 0.717) is 0 Å². The molecule has 1 aliphatic carbocycles. The standard InChI is InChI=1S/C14H18BrN3O/c15-13-6-11(4-5-12(13)14(16)17-19)18-7-9-2-1-3-10(9)8-18/h4-6,9-10,19H,1-3,7-8H2,(H2,16,17). The fourth-order valence-corrected chi connectivity index (χ4v) is 3.98. The van der Waals surface area contributed by atoms with Crippen molar-refractivity contribution >= 4 is 27.5 Å². The number of fused-ring (bicyclic) bond motifs is 1. The topological polar surface area (TPSA) is 61.9 Å². The number of halogens is 1. The maximum atomic E-state index is 8.73. The van der Waals surface area contributed by atoms with Crippen molar-refractivity contribution in [3.8, 4) is 0 Å². The quantitative estimate of drug-likeness (QED) is 0.381. The molecule has 0 amide bonds. The van der Waals surface area contributed by atoms with Gasteiger partial charge in [0.1, 0.15) is 0 Å². The Kier molecular flexibility index (Phi) is 3.39. The molecule has 2 aliphatic rings. The fraction of sp³-hybridized carbons (Fsp3) is 0.500. The predicted octanol–water partition coefficient (Wildman–Crippen LogP) is 2.78. The first-order chi connectivity index (χ1) is 9.19. The number of anilines is 1. The van der Waals surface area contributed by atoms with Gasteiger partial charge in [-0.1, -0.05) is 11.6 Å². The molecule has 1 saturated heterocycles. The van der Waals surface area contributed by atoms with E-state index in [1.165, 1.54) is 38.0 Å². The van der Waals surface area contributed by atoms with Crippen LogP contribution in [0.2, 0.25) is 0 Å². The average Bonchev–Trinajstić information content (AvgIpc) is 2.98. The number of hydrogen-bond acceptors (Lipinski definition) is 3. The summed E-state index contributed by atoms with van der Waals surface area (Å²) in [5.41, 5.74) is 7.58. The van der Waals surface area contributed by atoms with Crippen LogP contribution in [0.15, 0.2) is 27.8 Å². The van der Waals surface area contributed by atoms with Crippen LogP contribution in [0.5, 0.6) is 0 Å². The number of rotatable bonds is 2. The summed E-state index contributed by atoms with van der Waals surface area (Å²) in [7, 11) is 0. The summed E-state index contributed by atoms with van der Waals surface area (Å²) in [6.07, 6.45) is 4.16. The van der Waals surface area contributed by atoms with Gasteiger partial charge in [-0.05, 0) is 58.8 Å². The van der Waals surface area contributed by atoms with Crippen LogP contribution in [-0.4, -0.2) is 24.1 Å². The molecule has 1 aromatic rings. The Morgan fingerprint density at radius 2 is 2.00 bits per heavy atom. The van der Waals surface area contributed by atoms with Crippen molar-refractivity contribution in [2.45, 2.75) is 19.3 Å². The zero-order valence-electron chi connectivity index (χ0n) is 10.7. The van der Waals surface area contributed by atoms with Crippen LogP contribution in [0, 0.1) is 11.8 Å². The third-order valence-electron chi connectivity index (χ3n) is 4.43. The van der Waals surface area contributed by atoms with Crippen molar-refractivity contribution in [2.75, 3.05) is 18.0 Å². The van der Waals surface area contributed by atoms with E-state index in [-0.39, 0.29) is 5.84 Å². The molecule has 1 aliphatic heterocycles. The van der Waals surface area contributed by atoms with Gasteiger partial charge < -0.3 is 15.8 Å². The molecule has 0 bridgehead atoms. The lowest BCUT2D eigenvalue weighted by Crippen LogP contribution is -2.21. The number of nitrogens with zero attached hydrogens (tertiary/aromatic N) is 2. The highest BCUT2D eigenvalue weighted by Gasteiger charge is 2.36. The number of amidine groups is 1. The van der Waals surface area contributed by atoms with Crippen LogP contribution in [-0.2, 0) is 0 Å². The molecule has 2 atom stereocenters. The first-order valence-electron chi connectivity index (χ1n) is 6.71. The van der Waals surface area contributed by atoms with Crippen molar-refractivity contribution in [2.24, 2.45) is 22.7 Å². The number of benzene rings is 1. The van der Waals surface area contributed by atoms with E-state index in [2.05, 4.69) is 38.1 Å². The first-order valence-corrected chi connectivity index (χ1v) is 7.50. The molecule has 102 valence electrons. The second kappa shape index (κ2) is 5.04. The van der Waals surface area contributed by atoms with E-state index in [1.54, 1.807) is 0 Å². The Labute approximate surface area is 121 Å². The van der Waals surface area contributed by atoms with Gasteiger partial charge in [0, 0.05) is 28.8 Å². The molecule has 2 unspecified atom stereocenters. The van der Waals surface area contributed by atoms with Crippen molar-refractivity contribution in [3.63, 3.8) is 0 Å². The Balaban J connectivity index is 1.81. The minimum atomic E-state index is 0.136. The van der Waals surface area contributed by atoms with E-state index in [0.717, 1.165) is 21.9 Å². The molecular weight excluding hydrogens is 306 g/mol. The molecule has 0 radical (unpaired) electrons. The number of nitrogens with two attached hydrogens (primary N) is 1. The van der Waals surface area contributed by atoms with E-state index in [1.807, 2.05) is 6.07 Å². The summed E-state index contributed by atoms with van der Waals surface area (Å²) in [6.45, 7) is 2.33. The smallest absolute Gasteiger partial charge is 0.171 e. The van der Waals surface area contributed by atoms with Gasteiger partial charge in [0.2, 0.25) is 0 Å². The Hall–Kier alpha value is -1.23. The summed E-state index contributed by atoms with van der Waals surface area (Å²) >= 11 is 3.50. The highest BCUT2D eigenvalue weighted by Crippen LogP contribution is 2.40. The zero-order valence-corrected chi connectivity index (χ0v) is 12.3. The van der Waals surface area contributed by atoms with Gasteiger partial charge in [-0.2, -0.15) is 0 Å². The summed E-state index contributed by atoms with van der Waals surface area (Å²) in [5, 5.41) is 11.8. The van der Waals surface area contributed by atoms with Gasteiger partial charge in [-0.3, -0.25) is 0 Å². The molecule has 3 N–H and O–H groups in total. The van der Waals surface area contributed by atoms with Gasteiger partial charge in [-0.25, -0.2) is 0 Å². The summed E-state index contributed by atoms with van der Waals surface area (Å²) in [4.78, 5) is 2.45. The van der Waals surface area contributed by atoms with Gasteiger partial charge in [-0.15, -0.1) is 0 Å². The molecule has 4 nitrogen and oxygen atoms in total. The molecule has 19 heavy (non-hydrogen) atoms. The monoisotopic (exact) mass is 323 g/mol. The third kappa shape index (κ3) is 2.31. The van der Waals surface area contributed by atoms with E-state index < -0.39 is 0 Å². The second-order valence-corrected chi connectivity index (χ2v) is 6.36. The Morgan fingerprint density at radius 1 is 1.32 bits per heavy atom. The lowest BCUT2D eigenvalue weighted by molar-refractivity contribution is 0.318. The van der Waals surface area contributed by atoms with Crippen molar-refractivity contribution in [3.05, 3.63) is 28.2 Å². The van der Waals surface area contributed by atoms with Crippen LogP contribution in [0.1, 0.15) is 24.8 Å². The van der Waals surface area contributed by atoms with Crippen LogP contribution < -0.4 is 10.6 Å². The van der Waals surface area contributed by atoms with E-state index in [4.69, 9.17) is 10.9 Å². The molecule has 2 fully saturated rings. The minimum absolute atomic E-state index is 0.136. The van der Waals surface area contributed by atoms with E-state index >= 15 is 0 Å². The zero-order chi connectivity index (χ0) is 13.4. The molecule has 1 aromatic carbocycles. The predicted molar refractivity (Wildman–Crippen MR) is 79.7 cm³/mol. The van der Waals surface area contributed by atoms with Gasteiger partial charge in [0.15, 0.2) is 5.84 Å².